The van der Waals surface area contributed by atoms with Gasteiger partial charge >= 0.3 is 0 Å². The van der Waals surface area contributed by atoms with Crippen molar-refractivity contribution in [3.8, 4) is 11.5 Å². The van der Waals surface area contributed by atoms with Gasteiger partial charge in [-0.2, -0.15) is 0 Å². The molecule has 0 amide bonds. The molecule has 0 aliphatic carbocycles. The zero-order valence-corrected chi connectivity index (χ0v) is 10.6. The van der Waals surface area contributed by atoms with E-state index in [0.717, 1.165) is 12.1 Å². The molecule has 1 aromatic carbocycles. The molecule has 1 N–H and O–H groups in total. The van der Waals surface area contributed by atoms with Crippen LogP contribution in [0.5, 0.6) is 0 Å². The lowest BCUT2D eigenvalue weighted by Gasteiger charge is -2.05. The van der Waals surface area contributed by atoms with Crippen molar-refractivity contribution in [2.45, 2.75) is 6.54 Å². The smallest absolute Gasteiger partial charge is 0.250 e. The van der Waals surface area contributed by atoms with Crippen LogP contribution in [0.2, 0.25) is 0 Å². The highest BCUT2D eigenvalue weighted by Gasteiger charge is 2.06. The normalized spacial score (nSPS) is 10.6. The number of anilines is 1. The van der Waals surface area contributed by atoms with Crippen LogP contribution in [0.3, 0.4) is 0 Å². The largest absolute Gasteiger partial charge is 0.423 e. The van der Waals surface area contributed by atoms with E-state index in [1.807, 2.05) is 0 Å². The summed E-state index contributed by atoms with van der Waals surface area (Å²) in [5, 5.41) is 10.2. The fourth-order valence-corrected chi connectivity index (χ4v) is 1.66. The highest BCUT2D eigenvalue weighted by atomic mass is 19.2. The Morgan fingerprint density at radius 3 is 2.57 bits per heavy atom. The maximum absolute atomic E-state index is 13.1. The minimum atomic E-state index is -0.887. The lowest BCUT2D eigenvalue weighted by Crippen LogP contribution is -2.04. The molecule has 0 radical (unpaired) electrons. The Hall–Kier alpha value is -2.90. The molecule has 106 valence electrons. The van der Waals surface area contributed by atoms with Crippen molar-refractivity contribution in [2.75, 3.05) is 5.32 Å². The van der Waals surface area contributed by atoms with Gasteiger partial charge in [0, 0.05) is 18.9 Å². The molecule has 21 heavy (non-hydrogen) atoms. The van der Waals surface area contributed by atoms with Gasteiger partial charge in [-0.1, -0.05) is 6.07 Å². The standard InChI is InChI=1S/C13H9F2N5O/c14-10-2-1-8(3-11(10)15)4-16-13-17-5-9(6-18-13)12-20-19-7-21-12/h1-3,5-7H,4H2,(H,16,17,18). The lowest BCUT2D eigenvalue weighted by atomic mass is 10.2. The number of benzene rings is 1. The van der Waals surface area contributed by atoms with Crippen LogP contribution in [-0.2, 0) is 6.54 Å². The maximum Gasteiger partial charge on any atom is 0.250 e. The van der Waals surface area contributed by atoms with Gasteiger partial charge in [-0.15, -0.1) is 10.2 Å². The number of halogens is 2. The van der Waals surface area contributed by atoms with Crippen molar-refractivity contribution in [3.05, 3.63) is 54.2 Å². The second-order valence-electron chi connectivity index (χ2n) is 4.14. The molecule has 6 nitrogen and oxygen atoms in total. The molecule has 3 aromatic rings. The predicted molar refractivity (Wildman–Crippen MR) is 69.0 cm³/mol. The molecule has 0 aliphatic heterocycles. The second-order valence-corrected chi connectivity index (χ2v) is 4.14. The second kappa shape index (κ2) is 5.61. The minimum absolute atomic E-state index is 0.275. The molecule has 2 aromatic heterocycles. The number of hydrogen-bond acceptors (Lipinski definition) is 6. The van der Waals surface area contributed by atoms with Crippen molar-refractivity contribution in [1.29, 1.82) is 0 Å². The summed E-state index contributed by atoms with van der Waals surface area (Å²) in [5.41, 5.74) is 1.17. The third kappa shape index (κ3) is 2.99. The van der Waals surface area contributed by atoms with E-state index in [4.69, 9.17) is 4.42 Å². The van der Waals surface area contributed by atoms with Gasteiger partial charge in [-0.3, -0.25) is 0 Å². The topological polar surface area (TPSA) is 76.7 Å². The first-order valence-electron chi connectivity index (χ1n) is 5.99. The number of rotatable bonds is 4. The molecule has 0 atom stereocenters. The molecular formula is C13H9F2N5O. The summed E-state index contributed by atoms with van der Waals surface area (Å²) < 4.78 is 30.9. The molecule has 0 spiro atoms. The van der Waals surface area contributed by atoms with Crippen molar-refractivity contribution in [1.82, 2.24) is 20.2 Å². The van der Waals surface area contributed by atoms with Gasteiger partial charge in [-0.25, -0.2) is 18.7 Å². The number of nitrogens with one attached hydrogen (secondary N) is 1. The lowest BCUT2D eigenvalue weighted by molar-refractivity contribution is 0.507. The fraction of sp³-hybridized carbons (Fsp3) is 0.0769. The average molecular weight is 289 g/mol. The Bertz CT molecular complexity index is 731. The zero-order valence-electron chi connectivity index (χ0n) is 10.6. The van der Waals surface area contributed by atoms with Crippen LogP contribution in [0.1, 0.15) is 5.56 Å². The van der Waals surface area contributed by atoms with Crippen molar-refractivity contribution >= 4 is 5.95 Å². The van der Waals surface area contributed by atoms with Gasteiger partial charge in [-0.05, 0) is 17.7 Å². The van der Waals surface area contributed by atoms with Gasteiger partial charge in [0.15, 0.2) is 11.6 Å². The Labute approximate surface area is 117 Å². The highest BCUT2D eigenvalue weighted by molar-refractivity contribution is 5.50. The molecule has 0 saturated heterocycles. The summed E-state index contributed by atoms with van der Waals surface area (Å²) >= 11 is 0. The first-order valence-corrected chi connectivity index (χ1v) is 5.99. The van der Waals surface area contributed by atoms with E-state index in [1.54, 1.807) is 0 Å². The first kappa shape index (κ1) is 13.1. The van der Waals surface area contributed by atoms with E-state index in [0.29, 0.717) is 23.0 Å². The summed E-state index contributed by atoms with van der Waals surface area (Å²) in [5.74, 6) is -1.09. The molecule has 0 saturated carbocycles. The average Bonchev–Trinajstić information content (AvgIpc) is 3.03. The van der Waals surface area contributed by atoms with Gasteiger partial charge < -0.3 is 9.73 Å². The summed E-state index contributed by atoms with van der Waals surface area (Å²) in [7, 11) is 0. The molecule has 0 fully saturated rings. The van der Waals surface area contributed by atoms with Gasteiger partial charge in [0.25, 0.3) is 5.89 Å². The zero-order chi connectivity index (χ0) is 14.7. The number of nitrogens with zero attached hydrogens (tertiary/aromatic N) is 4. The highest BCUT2D eigenvalue weighted by Crippen LogP contribution is 2.15. The quantitative estimate of drug-likeness (QED) is 0.794. The molecule has 0 aliphatic rings. The van der Waals surface area contributed by atoms with Crippen molar-refractivity contribution in [2.24, 2.45) is 0 Å². The van der Waals surface area contributed by atoms with Crippen LogP contribution in [0.25, 0.3) is 11.5 Å². The van der Waals surface area contributed by atoms with Crippen LogP contribution < -0.4 is 5.32 Å². The van der Waals surface area contributed by atoms with Crippen LogP contribution in [0.4, 0.5) is 14.7 Å². The summed E-state index contributed by atoms with van der Waals surface area (Å²) in [4.78, 5) is 8.14. The summed E-state index contributed by atoms with van der Waals surface area (Å²) in [6, 6.07) is 3.68. The van der Waals surface area contributed by atoms with E-state index < -0.39 is 11.6 Å². The Kier molecular flexibility index (Phi) is 3.50. The van der Waals surface area contributed by atoms with Gasteiger partial charge in [0.2, 0.25) is 12.3 Å². The van der Waals surface area contributed by atoms with Crippen LogP contribution in [-0.4, -0.2) is 20.2 Å². The third-order valence-electron chi connectivity index (χ3n) is 2.69. The first-order chi connectivity index (χ1) is 10.2. The van der Waals surface area contributed by atoms with Crippen molar-refractivity contribution in [3.63, 3.8) is 0 Å². The molecule has 0 bridgehead atoms. The maximum atomic E-state index is 13.1. The molecule has 0 unspecified atom stereocenters. The van der Waals surface area contributed by atoms with E-state index in [-0.39, 0.29) is 6.54 Å². The molecule has 8 heteroatoms. The van der Waals surface area contributed by atoms with E-state index in [1.165, 1.54) is 24.9 Å². The fourth-order valence-electron chi connectivity index (χ4n) is 1.66. The van der Waals surface area contributed by atoms with Crippen molar-refractivity contribution < 1.29 is 13.2 Å². The molecule has 2 heterocycles. The third-order valence-corrected chi connectivity index (χ3v) is 2.69. The Morgan fingerprint density at radius 1 is 1.10 bits per heavy atom. The molecule has 3 rings (SSSR count). The van der Waals surface area contributed by atoms with Gasteiger partial charge in [0.05, 0.1) is 5.56 Å². The minimum Gasteiger partial charge on any atom is -0.423 e. The summed E-state index contributed by atoms with van der Waals surface area (Å²) in [6.07, 6.45) is 4.26. The predicted octanol–water partition coefficient (Wildman–Crippen LogP) is 2.42. The Balaban J connectivity index is 1.66. The number of aromatic nitrogens is 4. The van der Waals surface area contributed by atoms with E-state index >= 15 is 0 Å². The van der Waals surface area contributed by atoms with Gasteiger partial charge in [0.1, 0.15) is 0 Å². The van der Waals surface area contributed by atoms with E-state index in [9.17, 15) is 8.78 Å². The van der Waals surface area contributed by atoms with Crippen LogP contribution in [0.15, 0.2) is 41.4 Å². The van der Waals surface area contributed by atoms with Crippen LogP contribution >= 0.6 is 0 Å². The monoisotopic (exact) mass is 289 g/mol. The van der Waals surface area contributed by atoms with Crippen LogP contribution in [0, 0.1) is 11.6 Å². The van der Waals surface area contributed by atoms with E-state index in [2.05, 4.69) is 25.5 Å². The SMILES string of the molecule is Fc1ccc(CNc2ncc(-c3nnco3)cn2)cc1F. The summed E-state index contributed by atoms with van der Waals surface area (Å²) in [6.45, 7) is 0.275. The number of hydrogen-bond donors (Lipinski definition) is 1. The Morgan fingerprint density at radius 2 is 1.90 bits per heavy atom. The molecular weight excluding hydrogens is 280 g/mol.